The largest absolute Gasteiger partial charge is 0.461 e. The van der Waals surface area contributed by atoms with Crippen LogP contribution < -0.4 is 0 Å². The van der Waals surface area contributed by atoms with Crippen molar-refractivity contribution >= 4 is 45.6 Å². The zero-order valence-corrected chi connectivity index (χ0v) is 17.2. The fourth-order valence-corrected chi connectivity index (χ4v) is 3.03. The summed E-state index contributed by atoms with van der Waals surface area (Å²) in [5.74, 6) is -1.02. The quantitative estimate of drug-likeness (QED) is 0.240. The monoisotopic (exact) mass is 345 g/mol. The van der Waals surface area contributed by atoms with E-state index < -0.39 is 27.9 Å². The molecular formula is C15H30NaO5S. The van der Waals surface area contributed by atoms with Crippen LogP contribution in [0.25, 0.3) is 0 Å². The van der Waals surface area contributed by atoms with Gasteiger partial charge >= 0.3 is 5.97 Å². The molecule has 0 fully saturated rings. The summed E-state index contributed by atoms with van der Waals surface area (Å²) < 4.78 is 35.4. The van der Waals surface area contributed by atoms with E-state index in [4.69, 9.17) is 9.29 Å². The van der Waals surface area contributed by atoms with Gasteiger partial charge in [-0.2, -0.15) is 8.42 Å². The SMILES string of the molecule is CCCCCCCCCCCC(CS(=O)(=O)O)OC(C)=O.[Na]. The van der Waals surface area contributed by atoms with Crippen LogP contribution in [-0.2, 0) is 19.6 Å². The molecule has 1 atom stereocenters. The normalized spacial score (nSPS) is 12.5. The van der Waals surface area contributed by atoms with Gasteiger partial charge in [-0.3, -0.25) is 9.35 Å². The first-order chi connectivity index (χ1) is 9.85. The Labute approximate surface area is 157 Å². The first kappa shape index (κ1) is 24.6. The van der Waals surface area contributed by atoms with Crippen molar-refractivity contribution in [3.63, 3.8) is 0 Å². The molecule has 0 amide bonds. The van der Waals surface area contributed by atoms with E-state index in [-0.39, 0.29) is 29.6 Å². The minimum absolute atomic E-state index is 0. The average Bonchev–Trinajstić information content (AvgIpc) is 2.34. The van der Waals surface area contributed by atoms with E-state index in [1.165, 1.54) is 45.4 Å². The molecule has 0 aromatic heterocycles. The zero-order chi connectivity index (χ0) is 16.1. The predicted molar refractivity (Wildman–Crippen MR) is 89.6 cm³/mol. The molecule has 1 N–H and O–H groups in total. The summed E-state index contributed by atoms with van der Waals surface area (Å²) in [6, 6.07) is 0. The summed E-state index contributed by atoms with van der Waals surface area (Å²) in [7, 11) is -4.11. The topological polar surface area (TPSA) is 80.7 Å². The van der Waals surface area contributed by atoms with Crippen molar-refractivity contribution in [2.75, 3.05) is 5.75 Å². The molecule has 0 rings (SSSR count). The Balaban J connectivity index is 0. The Morgan fingerprint density at radius 3 is 1.86 bits per heavy atom. The van der Waals surface area contributed by atoms with Gasteiger partial charge in [0.05, 0.1) is 0 Å². The summed E-state index contributed by atoms with van der Waals surface area (Å²) in [6.07, 6.45) is 10.3. The zero-order valence-electron chi connectivity index (χ0n) is 14.3. The number of unbranched alkanes of at least 4 members (excludes halogenated alkanes) is 8. The second-order valence-corrected chi connectivity index (χ2v) is 7.09. The van der Waals surface area contributed by atoms with Crippen LogP contribution in [0.2, 0.25) is 0 Å². The van der Waals surface area contributed by atoms with Crippen molar-refractivity contribution in [2.24, 2.45) is 0 Å². The van der Waals surface area contributed by atoms with Crippen LogP contribution in [0.3, 0.4) is 0 Å². The van der Waals surface area contributed by atoms with Crippen molar-refractivity contribution in [1.29, 1.82) is 0 Å². The molecule has 5 nitrogen and oxygen atoms in total. The molecular weight excluding hydrogens is 315 g/mol. The third-order valence-electron chi connectivity index (χ3n) is 3.36. The predicted octanol–water partition coefficient (Wildman–Crippen LogP) is 3.35. The molecule has 0 spiro atoms. The van der Waals surface area contributed by atoms with Crippen LogP contribution in [0, 0.1) is 0 Å². The van der Waals surface area contributed by atoms with Crippen LogP contribution in [0.5, 0.6) is 0 Å². The van der Waals surface area contributed by atoms with E-state index in [9.17, 15) is 13.2 Å². The minimum atomic E-state index is -4.11. The van der Waals surface area contributed by atoms with Crippen LogP contribution in [-0.4, -0.2) is 60.4 Å². The summed E-state index contributed by atoms with van der Waals surface area (Å²) in [4.78, 5) is 10.9. The number of hydrogen-bond acceptors (Lipinski definition) is 4. The van der Waals surface area contributed by atoms with Gasteiger partial charge in [0, 0.05) is 36.5 Å². The molecule has 0 aliphatic heterocycles. The third-order valence-corrected chi connectivity index (χ3v) is 4.15. The van der Waals surface area contributed by atoms with Gasteiger partial charge in [0.25, 0.3) is 10.1 Å². The number of esters is 1. The van der Waals surface area contributed by atoms with E-state index >= 15 is 0 Å². The fourth-order valence-electron chi connectivity index (χ4n) is 2.33. The molecule has 0 heterocycles. The second-order valence-electron chi connectivity index (χ2n) is 5.60. The molecule has 0 saturated heterocycles. The van der Waals surface area contributed by atoms with Crippen LogP contribution >= 0.6 is 0 Å². The Kier molecular flexibility index (Phi) is 16.7. The van der Waals surface area contributed by atoms with Gasteiger partial charge in [-0.05, 0) is 12.8 Å². The minimum Gasteiger partial charge on any atom is -0.461 e. The molecule has 0 saturated carbocycles. The van der Waals surface area contributed by atoms with Crippen LogP contribution in [0.1, 0.15) is 78.1 Å². The first-order valence-electron chi connectivity index (χ1n) is 7.97. The van der Waals surface area contributed by atoms with Crippen LogP contribution in [0.4, 0.5) is 0 Å². The first-order valence-corrected chi connectivity index (χ1v) is 9.58. The van der Waals surface area contributed by atoms with Gasteiger partial charge in [-0.15, -0.1) is 0 Å². The summed E-state index contributed by atoms with van der Waals surface area (Å²) in [5, 5.41) is 0. The van der Waals surface area contributed by atoms with Gasteiger partial charge < -0.3 is 4.74 Å². The smallest absolute Gasteiger partial charge is 0.302 e. The van der Waals surface area contributed by atoms with E-state index in [1.54, 1.807) is 0 Å². The number of carbonyl (C=O) groups excluding carboxylic acids is 1. The molecule has 127 valence electrons. The summed E-state index contributed by atoms with van der Waals surface area (Å²) >= 11 is 0. The Morgan fingerprint density at radius 2 is 1.45 bits per heavy atom. The Hall–Kier alpha value is 0.380. The Morgan fingerprint density at radius 1 is 1.00 bits per heavy atom. The second kappa shape index (κ2) is 14.9. The standard InChI is InChI=1S/C15H30O5S.Na/c1-3-4-5-6-7-8-9-10-11-12-15(20-14(2)16)13-21(17,18)19;/h15H,3-13H2,1-2H3,(H,17,18,19);. The van der Waals surface area contributed by atoms with Gasteiger partial charge in [0.15, 0.2) is 0 Å². The van der Waals surface area contributed by atoms with Gasteiger partial charge in [-0.25, -0.2) is 0 Å². The van der Waals surface area contributed by atoms with Crippen molar-refractivity contribution in [3.05, 3.63) is 0 Å². The number of carbonyl (C=O) groups is 1. The molecule has 7 heteroatoms. The Bertz CT molecular complexity index is 370. The molecule has 1 radical (unpaired) electrons. The van der Waals surface area contributed by atoms with Crippen molar-refractivity contribution in [3.8, 4) is 0 Å². The van der Waals surface area contributed by atoms with Crippen molar-refractivity contribution < 1.29 is 22.5 Å². The van der Waals surface area contributed by atoms with E-state index in [2.05, 4.69) is 6.92 Å². The van der Waals surface area contributed by atoms with Gasteiger partial charge in [0.2, 0.25) is 0 Å². The van der Waals surface area contributed by atoms with Crippen LogP contribution in [0.15, 0.2) is 0 Å². The maximum Gasteiger partial charge on any atom is 0.302 e. The van der Waals surface area contributed by atoms with E-state index in [0.29, 0.717) is 6.42 Å². The molecule has 22 heavy (non-hydrogen) atoms. The maximum atomic E-state index is 10.9. The van der Waals surface area contributed by atoms with Crippen molar-refractivity contribution in [1.82, 2.24) is 0 Å². The average molecular weight is 345 g/mol. The van der Waals surface area contributed by atoms with Gasteiger partial charge in [0.1, 0.15) is 11.9 Å². The molecule has 0 aliphatic carbocycles. The molecule has 1 unspecified atom stereocenters. The van der Waals surface area contributed by atoms with E-state index in [0.717, 1.165) is 19.3 Å². The number of rotatable bonds is 13. The maximum absolute atomic E-state index is 10.9. The third kappa shape index (κ3) is 18.4. The van der Waals surface area contributed by atoms with Gasteiger partial charge in [-0.1, -0.05) is 58.3 Å². The molecule has 0 aromatic rings. The molecule has 0 bridgehead atoms. The number of ether oxygens (including phenoxy) is 1. The summed E-state index contributed by atoms with van der Waals surface area (Å²) in [6.45, 7) is 3.44. The van der Waals surface area contributed by atoms with Crippen molar-refractivity contribution in [2.45, 2.75) is 84.2 Å². The molecule has 0 aliphatic rings. The molecule has 0 aromatic carbocycles. The van der Waals surface area contributed by atoms with E-state index in [1.807, 2.05) is 0 Å². The summed E-state index contributed by atoms with van der Waals surface area (Å²) in [5.41, 5.74) is 0. The number of hydrogen-bond donors (Lipinski definition) is 1. The fraction of sp³-hybridized carbons (Fsp3) is 0.933.